The van der Waals surface area contributed by atoms with Crippen LogP contribution >= 0.6 is 0 Å². The maximum atomic E-state index is 14.6. The van der Waals surface area contributed by atoms with E-state index in [9.17, 15) is 13.9 Å². The lowest BCUT2D eigenvalue weighted by Crippen LogP contribution is -2.19. The standard InChI is InChI=1S/C27H25F2N5O/c1-27(2,35)8-6-21-10-18(11-24(32-21)22-5-4-20(28)13-23(22)29)25-15-30-26-12-17(7-9-34(25)26)19-14-31-33(3)16-19/h4-5,7,9-16,35H,6,8H2,1-3H3. The molecule has 8 heteroatoms. The third-order valence-electron chi connectivity index (χ3n) is 5.93. The van der Waals surface area contributed by atoms with Gasteiger partial charge in [0, 0.05) is 47.9 Å². The maximum absolute atomic E-state index is 14.6. The van der Waals surface area contributed by atoms with Crippen LogP contribution in [0.4, 0.5) is 8.78 Å². The molecule has 1 N–H and O–H groups in total. The molecule has 0 fully saturated rings. The predicted molar refractivity (Wildman–Crippen MR) is 131 cm³/mol. The van der Waals surface area contributed by atoms with E-state index in [-0.39, 0.29) is 5.56 Å². The molecule has 1 aromatic carbocycles. The molecule has 0 atom stereocenters. The Morgan fingerprint density at radius 3 is 2.51 bits per heavy atom. The van der Waals surface area contributed by atoms with Crippen LogP contribution in [0.2, 0.25) is 0 Å². The number of aromatic nitrogens is 5. The SMILES string of the molecule is Cn1cc(-c2ccn3c(-c4cc(CCC(C)(C)O)nc(-c5ccc(F)cc5F)c4)cnc3c2)cn1. The smallest absolute Gasteiger partial charge is 0.137 e. The summed E-state index contributed by atoms with van der Waals surface area (Å²) in [4.78, 5) is 9.22. The molecule has 5 rings (SSSR count). The predicted octanol–water partition coefficient (Wildman–Crippen LogP) is 5.45. The first-order chi connectivity index (χ1) is 16.7. The highest BCUT2D eigenvalue weighted by Gasteiger charge is 2.17. The third-order valence-corrected chi connectivity index (χ3v) is 5.93. The Hall–Kier alpha value is -3.91. The van der Waals surface area contributed by atoms with Crippen molar-refractivity contribution in [2.45, 2.75) is 32.3 Å². The second-order valence-corrected chi connectivity index (χ2v) is 9.36. The Balaban J connectivity index is 1.61. The zero-order valence-corrected chi connectivity index (χ0v) is 19.7. The zero-order valence-electron chi connectivity index (χ0n) is 19.7. The van der Waals surface area contributed by atoms with Gasteiger partial charge in [0.15, 0.2) is 0 Å². The van der Waals surface area contributed by atoms with E-state index >= 15 is 0 Å². The van der Waals surface area contributed by atoms with Crippen LogP contribution in [0.25, 0.3) is 39.3 Å². The van der Waals surface area contributed by atoms with Gasteiger partial charge in [-0.3, -0.25) is 14.1 Å². The summed E-state index contributed by atoms with van der Waals surface area (Å²) in [6.07, 6.45) is 8.43. The number of hydrogen-bond acceptors (Lipinski definition) is 4. The number of aliphatic hydroxyl groups is 1. The van der Waals surface area contributed by atoms with Crippen molar-refractivity contribution in [1.82, 2.24) is 24.1 Å². The number of rotatable bonds is 6. The molecular formula is C27H25F2N5O. The summed E-state index contributed by atoms with van der Waals surface area (Å²) in [5.74, 6) is -1.32. The van der Waals surface area contributed by atoms with Gasteiger partial charge in [0.05, 0.1) is 29.4 Å². The lowest BCUT2D eigenvalue weighted by atomic mass is 9.99. The molecule has 178 valence electrons. The molecule has 0 saturated heterocycles. The molecule has 0 amide bonds. The summed E-state index contributed by atoms with van der Waals surface area (Å²) >= 11 is 0. The van der Waals surface area contributed by atoms with Crippen LogP contribution in [0.5, 0.6) is 0 Å². The number of aryl methyl sites for hydroxylation is 2. The highest BCUT2D eigenvalue weighted by atomic mass is 19.1. The van der Waals surface area contributed by atoms with E-state index in [4.69, 9.17) is 0 Å². The molecule has 5 aromatic rings. The second kappa shape index (κ2) is 8.70. The largest absolute Gasteiger partial charge is 0.390 e. The molecule has 0 aliphatic rings. The van der Waals surface area contributed by atoms with Gasteiger partial charge in [0.25, 0.3) is 0 Å². The van der Waals surface area contributed by atoms with E-state index in [2.05, 4.69) is 15.1 Å². The van der Waals surface area contributed by atoms with Crippen molar-refractivity contribution in [2.75, 3.05) is 0 Å². The molecule has 4 heterocycles. The van der Waals surface area contributed by atoms with Crippen LogP contribution in [0.3, 0.4) is 0 Å². The Bertz CT molecular complexity index is 1530. The van der Waals surface area contributed by atoms with Gasteiger partial charge < -0.3 is 5.11 Å². The van der Waals surface area contributed by atoms with Crippen molar-refractivity contribution in [3.8, 4) is 33.6 Å². The first kappa shape index (κ1) is 22.9. The van der Waals surface area contributed by atoms with E-state index in [1.165, 1.54) is 12.1 Å². The maximum Gasteiger partial charge on any atom is 0.137 e. The summed E-state index contributed by atoms with van der Waals surface area (Å²) < 4.78 is 31.9. The van der Waals surface area contributed by atoms with E-state index in [0.717, 1.165) is 34.1 Å². The summed E-state index contributed by atoms with van der Waals surface area (Å²) in [6, 6.07) is 11.2. The van der Waals surface area contributed by atoms with Crippen LogP contribution in [-0.4, -0.2) is 34.9 Å². The fourth-order valence-electron chi connectivity index (χ4n) is 4.08. The molecule has 0 aliphatic heterocycles. The fraction of sp³-hybridized carbons (Fsp3) is 0.222. The molecule has 0 bridgehead atoms. The summed E-state index contributed by atoms with van der Waals surface area (Å²) in [7, 11) is 1.87. The van der Waals surface area contributed by atoms with Crippen molar-refractivity contribution < 1.29 is 13.9 Å². The van der Waals surface area contributed by atoms with Gasteiger partial charge >= 0.3 is 0 Å². The number of nitrogens with zero attached hydrogens (tertiary/aromatic N) is 5. The Labute approximate surface area is 201 Å². The zero-order chi connectivity index (χ0) is 24.7. The Morgan fingerprint density at radius 1 is 0.971 bits per heavy atom. The van der Waals surface area contributed by atoms with E-state index in [1.54, 1.807) is 37.0 Å². The van der Waals surface area contributed by atoms with Gasteiger partial charge in [-0.1, -0.05) is 0 Å². The average Bonchev–Trinajstić information content (AvgIpc) is 3.43. The summed E-state index contributed by atoms with van der Waals surface area (Å²) in [6.45, 7) is 3.48. The Morgan fingerprint density at radius 2 is 1.80 bits per heavy atom. The van der Waals surface area contributed by atoms with Gasteiger partial charge in [-0.15, -0.1) is 0 Å². The number of halogens is 2. The minimum Gasteiger partial charge on any atom is -0.390 e. The van der Waals surface area contributed by atoms with Crippen molar-refractivity contribution in [3.05, 3.63) is 84.6 Å². The van der Waals surface area contributed by atoms with E-state index in [0.29, 0.717) is 24.2 Å². The first-order valence-corrected chi connectivity index (χ1v) is 11.3. The minimum absolute atomic E-state index is 0.213. The Kier molecular flexibility index (Phi) is 5.68. The van der Waals surface area contributed by atoms with Crippen LogP contribution in [0, 0.1) is 11.6 Å². The number of hydrogen-bond donors (Lipinski definition) is 1. The minimum atomic E-state index is -0.870. The molecular weight excluding hydrogens is 448 g/mol. The van der Waals surface area contributed by atoms with Crippen LogP contribution in [-0.2, 0) is 13.5 Å². The fourth-order valence-corrected chi connectivity index (χ4v) is 4.08. The van der Waals surface area contributed by atoms with Crippen LogP contribution in [0.1, 0.15) is 26.0 Å². The van der Waals surface area contributed by atoms with E-state index in [1.807, 2.05) is 42.0 Å². The normalized spacial score (nSPS) is 11.9. The molecule has 0 radical (unpaired) electrons. The van der Waals surface area contributed by atoms with Gasteiger partial charge in [0.2, 0.25) is 0 Å². The molecule has 0 saturated carbocycles. The molecule has 0 spiro atoms. The van der Waals surface area contributed by atoms with Gasteiger partial charge in [-0.25, -0.2) is 13.8 Å². The number of fused-ring (bicyclic) bond motifs is 1. The van der Waals surface area contributed by atoms with Gasteiger partial charge in [-0.05, 0) is 68.7 Å². The first-order valence-electron chi connectivity index (χ1n) is 11.3. The number of benzene rings is 1. The van der Waals surface area contributed by atoms with E-state index < -0.39 is 17.2 Å². The third kappa shape index (κ3) is 4.83. The molecule has 0 aliphatic carbocycles. The van der Waals surface area contributed by atoms with Crippen LogP contribution in [0.15, 0.2) is 67.3 Å². The highest BCUT2D eigenvalue weighted by molar-refractivity contribution is 5.73. The molecule has 0 unspecified atom stereocenters. The van der Waals surface area contributed by atoms with Crippen molar-refractivity contribution in [1.29, 1.82) is 0 Å². The number of pyridine rings is 2. The monoisotopic (exact) mass is 473 g/mol. The number of imidazole rings is 1. The average molecular weight is 474 g/mol. The second-order valence-electron chi connectivity index (χ2n) is 9.36. The summed E-state index contributed by atoms with van der Waals surface area (Å²) in [5.41, 5.74) is 4.79. The van der Waals surface area contributed by atoms with Crippen molar-refractivity contribution >= 4 is 5.65 Å². The van der Waals surface area contributed by atoms with Gasteiger partial charge in [-0.2, -0.15) is 5.10 Å². The highest BCUT2D eigenvalue weighted by Crippen LogP contribution is 2.30. The molecule has 35 heavy (non-hydrogen) atoms. The summed E-state index contributed by atoms with van der Waals surface area (Å²) in [5, 5.41) is 14.4. The van der Waals surface area contributed by atoms with Gasteiger partial charge in [0.1, 0.15) is 17.3 Å². The molecule has 4 aromatic heterocycles. The topological polar surface area (TPSA) is 68.2 Å². The van der Waals surface area contributed by atoms with Crippen molar-refractivity contribution in [3.63, 3.8) is 0 Å². The van der Waals surface area contributed by atoms with Crippen molar-refractivity contribution in [2.24, 2.45) is 7.05 Å². The molecule has 6 nitrogen and oxygen atoms in total. The lowest BCUT2D eigenvalue weighted by molar-refractivity contribution is 0.0711. The quantitative estimate of drug-likeness (QED) is 0.356. The lowest BCUT2D eigenvalue weighted by Gasteiger charge is -2.17. The van der Waals surface area contributed by atoms with Crippen LogP contribution < -0.4 is 0 Å².